The van der Waals surface area contributed by atoms with Crippen molar-refractivity contribution < 1.29 is 27.5 Å². The molecule has 0 aliphatic carbocycles. The quantitative estimate of drug-likeness (QED) is 0.791. The van der Waals surface area contributed by atoms with Crippen LogP contribution in [0.15, 0.2) is 27.6 Å². The first-order chi connectivity index (χ1) is 9.96. The highest BCUT2D eigenvalue weighted by Gasteiger charge is 2.24. The number of amides is 1. The Morgan fingerprint density at radius 2 is 1.82 bits per heavy atom. The molecule has 0 saturated carbocycles. The molecule has 22 heavy (non-hydrogen) atoms. The summed E-state index contributed by atoms with van der Waals surface area (Å²) in [6.45, 7) is 4.82. The number of halogens is 1. The van der Waals surface area contributed by atoms with Gasteiger partial charge in [0.15, 0.2) is 0 Å². The molecule has 0 aliphatic rings. The number of benzene rings is 1. The van der Waals surface area contributed by atoms with Gasteiger partial charge in [-0.15, -0.1) is 0 Å². The molecule has 0 aliphatic heterocycles. The molecule has 0 fully saturated rings. The second kappa shape index (κ2) is 6.66. The maximum Gasteiger partial charge on any atom is 0.421 e. The fraction of sp³-hybridized carbons (Fsp3) is 0.385. The molecular formula is C13H16BrNO6S. The molecule has 0 aromatic heterocycles. The summed E-state index contributed by atoms with van der Waals surface area (Å²) < 4.78 is 35.8. The molecule has 1 N–H and O–H groups in total. The van der Waals surface area contributed by atoms with Crippen LogP contribution in [0.25, 0.3) is 0 Å². The normalized spacial score (nSPS) is 11.7. The summed E-state index contributed by atoms with van der Waals surface area (Å²) in [5.74, 6) is -0.707. The summed E-state index contributed by atoms with van der Waals surface area (Å²) in [5, 5.41) is 0. The number of methoxy groups -OCH3 is 1. The lowest BCUT2D eigenvalue weighted by Crippen LogP contribution is -2.36. The van der Waals surface area contributed by atoms with Crippen LogP contribution in [-0.4, -0.2) is 33.2 Å². The van der Waals surface area contributed by atoms with Gasteiger partial charge in [0.25, 0.3) is 10.0 Å². The topological polar surface area (TPSA) is 98.8 Å². The second-order valence-corrected chi connectivity index (χ2v) is 7.78. The van der Waals surface area contributed by atoms with Crippen molar-refractivity contribution in [2.75, 3.05) is 7.11 Å². The average Bonchev–Trinajstić information content (AvgIpc) is 2.35. The van der Waals surface area contributed by atoms with Gasteiger partial charge < -0.3 is 9.47 Å². The molecule has 9 heteroatoms. The number of esters is 1. The summed E-state index contributed by atoms with van der Waals surface area (Å²) in [7, 11) is -2.99. The Balaban J connectivity index is 3.09. The lowest BCUT2D eigenvalue weighted by Gasteiger charge is -2.19. The third-order valence-electron chi connectivity index (χ3n) is 2.27. The van der Waals surface area contributed by atoms with Crippen molar-refractivity contribution in [1.82, 2.24) is 4.72 Å². The Bertz CT molecular complexity index is 693. The van der Waals surface area contributed by atoms with E-state index in [0.717, 1.165) is 6.07 Å². The van der Waals surface area contributed by atoms with E-state index in [9.17, 15) is 18.0 Å². The van der Waals surface area contributed by atoms with Crippen LogP contribution >= 0.6 is 15.9 Å². The van der Waals surface area contributed by atoms with Gasteiger partial charge in [-0.25, -0.2) is 22.7 Å². The van der Waals surface area contributed by atoms with Gasteiger partial charge in [0.2, 0.25) is 0 Å². The van der Waals surface area contributed by atoms with E-state index >= 15 is 0 Å². The first-order valence-electron chi connectivity index (χ1n) is 6.10. The van der Waals surface area contributed by atoms with E-state index in [1.54, 1.807) is 25.5 Å². The Labute approximate surface area is 137 Å². The number of carbonyl (C=O) groups excluding carboxylic acids is 2. The predicted octanol–water partition coefficient (Wildman–Crippen LogP) is 2.45. The largest absolute Gasteiger partial charge is 0.465 e. The van der Waals surface area contributed by atoms with E-state index in [-0.39, 0.29) is 10.5 Å². The predicted molar refractivity (Wildman–Crippen MR) is 82.0 cm³/mol. The van der Waals surface area contributed by atoms with E-state index in [0.29, 0.717) is 4.47 Å². The van der Waals surface area contributed by atoms with Gasteiger partial charge in [0, 0.05) is 4.47 Å². The van der Waals surface area contributed by atoms with Crippen LogP contribution in [0.3, 0.4) is 0 Å². The van der Waals surface area contributed by atoms with Gasteiger partial charge in [-0.2, -0.15) is 0 Å². The van der Waals surface area contributed by atoms with Crippen molar-refractivity contribution >= 4 is 38.0 Å². The highest BCUT2D eigenvalue weighted by atomic mass is 79.9. The first-order valence-corrected chi connectivity index (χ1v) is 8.37. The number of ether oxygens (including phenoxy) is 2. The van der Waals surface area contributed by atoms with E-state index in [4.69, 9.17) is 4.74 Å². The molecule has 0 saturated heterocycles. The number of hydrogen-bond acceptors (Lipinski definition) is 6. The minimum absolute atomic E-state index is 0.0227. The average molecular weight is 394 g/mol. The summed E-state index contributed by atoms with van der Waals surface area (Å²) in [4.78, 5) is 22.9. The molecule has 0 bridgehead atoms. The lowest BCUT2D eigenvalue weighted by atomic mass is 10.2. The molecule has 1 amide bonds. The maximum atomic E-state index is 12.1. The Morgan fingerprint density at radius 1 is 1.23 bits per heavy atom. The third-order valence-corrected chi connectivity index (χ3v) is 4.27. The van der Waals surface area contributed by atoms with Gasteiger partial charge >= 0.3 is 12.1 Å². The Kier molecular flexibility index (Phi) is 5.58. The highest BCUT2D eigenvalue weighted by Crippen LogP contribution is 2.22. The van der Waals surface area contributed by atoms with Crippen LogP contribution < -0.4 is 4.72 Å². The van der Waals surface area contributed by atoms with Crippen molar-refractivity contribution in [3.63, 3.8) is 0 Å². The van der Waals surface area contributed by atoms with E-state index in [2.05, 4.69) is 20.7 Å². The van der Waals surface area contributed by atoms with Crippen molar-refractivity contribution in [3.05, 3.63) is 28.2 Å². The van der Waals surface area contributed by atoms with E-state index < -0.39 is 27.7 Å². The fourth-order valence-corrected chi connectivity index (χ4v) is 2.71. The van der Waals surface area contributed by atoms with Crippen LogP contribution in [0.1, 0.15) is 31.1 Å². The summed E-state index contributed by atoms with van der Waals surface area (Å²) in [5.41, 5.74) is -0.814. The molecule has 0 radical (unpaired) electrons. The molecule has 0 atom stereocenters. The zero-order valence-electron chi connectivity index (χ0n) is 12.5. The maximum absolute atomic E-state index is 12.1. The van der Waals surface area contributed by atoms with Gasteiger partial charge in [-0.3, -0.25) is 0 Å². The number of carbonyl (C=O) groups is 2. The molecule has 122 valence electrons. The molecule has 0 unspecified atom stereocenters. The van der Waals surface area contributed by atoms with Crippen molar-refractivity contribution in [1.29, 1.82) is 0 Å². The van der Waals surface area contributed by atoms with Gasteiger partial charge in [0.1, 0.15) is 5.60 Å². The minimum Gasteiger partial charge on any atom is -0.465 e. The SMILES string of the molecule is COC(=O)c1cc(S(=O)(=O)NC(=O)OC(C)(C)C)ccc1Br. The highest BCUT2D eigenvalue weighted by molar-refractivity contribution is 9.10. The molecule has 1 rings (SSSR count). The lowest BCUT2D eigenvalue weighted by molar-refractivity contribution is 0.0567. The summed E-state index contributed by atoms with van der Waals surface area (Å²) >= 11 is 3.12. The van der Waals surface area contributed by atoms with Crippen LogP contribution in [0.4, 0.5) is 4.79 Å². The van der Waals surface area contributed by atoms with E-state index in [1.807, 2.05) is 0 Å². The summed E-state index contributed by atoms with van der Waals surface area (Å²) in [6.07, 6.45) is -1.10. The van der Waals surface area contributed by atoms with Crippen molar-refractivity contribution in [2.45, 2.75) is 31.3 Å². The molecule has 7 nitrogen and oxygen atoms in total. The first kappa shape index (κ1) is 18.4. The zero-order chi connectivity index (χ0) is 17.1. The minimum atomic E-state index is -4.17. The van der Waals surface area contributed by atoms with Crippen molar-refractivity contribution in [3.8, 4) is 0 Å². The molecule has 0 spiro atoms. The Morgan fingerprint density at radius 3 is 2.32 bits per heavy atom. The number of nitrogens with one attached hydrogen (secondary N) is 1. The molecule has 1 aromatic carbocycles. The molecular weight excluding hydrogens is 378 g/mol. The van der Waals surface area contributed by atoms with Gasteiger partial charge in [0.05, 0.1) is 17.6 Å². The number of rotatable bonds is 3. The number of hydrogen-bond donors (Lipinski definition) is 1. The number of sulfonamides is 1. The van der Waals surface area contributed by atoms with Crippen LogP contribution in [0.2, 0.25) is 0 Å². The smallest absolute Gasteiger partial charge is 0.421 e. The fourth-order valence-electron chi connectivity index (χ4n) is 1.41. The monoisotopic (exact) mass is 393 g/mol. The summed E-state index contributed by atoms with van der Waals surface area (Å²) in [6, 6.07) is 3.71. The Hall–Kier alpha value is -1.61. The zero-order valence-corrected chi connectivity index (χ0v) is 14.9. The standard InChI is InChI=1S/C13H16BrNO6S/c1-13(2,3)21-12(17)15-22(18,19)8-5-6-10(14)9(7-8)11(16)20-4/h5-7H,1-4H3,(H,15,17). The molecule has 0 heterocycles. The van der Waals surface area contributed by atoms with Crippen LogP contribution in [0.5, 0.6) is 0 Å². The second-order valence-electron chi connectivity index (χ2n) is 5.24. The van der Waals surface area contributed by atoms with Crippen LogP contribution in [0, 0.1) is 0 Å². The van der Waals surface area contributed by atoms with Gasteiger partial charge in [-0.05, 0) is 54.9 Å². The van der Waals surface area contributed by atoms with Crippen LogP contribution in [-0.2, 0) is 19.5 Å². The van der Waals surface area contributed by atoms with E-state index in [1.165, 1.54) is 19.2 Å². The van der Waals surface area contributed by atoms with Gasteiger partial charge in [-0.1, -0.05) is 0 Å². The molecule has 1 aromatic rings. The van der Waals surface area contributed by atoms with Crippen molar-refractivity contribution in [2.24, 2.45) is 0 Å². The third kappa shape index (κ3) is 4.99.